The molecule has 0 saturated heterocycles. The molecular weight excluding hydrogens is 456 g/mol. The number of benzene rings is 2. The molecule has 32 heavy (non-hydrogen) atoms. The van der Waals surface area contributed by atoms with Crippen LogP contribution in [0.4, 0.5) is 4.39 Å². The van der Waals surface area contributed by atoms with Crippen LogP contribution in [0.1, 0.15) is 26.5 Å². The van der Waals surface area contributed by atoms with Gasteiger partial charge in [-0.2, -0.15) is 0 Å². The van der Waals surface area contributed by atoms with Gasteiger partial charge in [0.1, 0.15) is 11.5 Å². The molecule has 9 heteroatoms. The standard InChI is InChI=1S/C23H16Cl2FN3O3/c1-29-20-8-14(24)4-2-13(20)7-21(29)22(30)28-11-19-17(9-15(26)10-27-19)12-3-5-16(23(31)32)18(25)6-12/h2-10H,11H2,1H3,(H,28,30)(H,31,32). The van der Waals surface area contributed by atoms with E-state index in [2.05, 4.69) is 10.3 Å². The molecule has 0 saturated carbocycles. The first-order valence-electron chi connectivity index (χ1n) is 9.45. The second-order valence-electron chi connectivity index (χ2n) is 7.12. The summed E-state index contributed by atoms with van der Waals surface area (Å²) in [6, 6.07) is 12.7. The lowest BCUT2D eigenvalue weighted by Crippen LogP contribution is -2.25. The Kier molecular flexibility index (Phi) is 5.86. The Balaban J connectivity index is 1.62. The average Bonchev–Trinajstić information content (AvgIpc) is 3.08. The van der Waals surface area contributed by atoms with Crippen molar-refractivity contribution in [2.75, 3.05) is 0 Å². The Labute approximate surface area is 192 Å². The monoisotopic (exact) mass is 471 g/mol. The molecule has 0 radical (unpaired) electrons. The van der Waals surface area contributed by atoms with Gasteiger partial charge in [-0.3, -0.25) is 9.78 Å². The smallest absolute Gasteiger partial charge is 0.337 e. The van der Waals surface area contributed by atoms with Gasteiger partial charge in [0.25, 0.3) is 5.91 Å². The quantitative estimate of drug-likeness (QED) is 0.412. The van der Waals surface area contributed by atoms with Crippen LogP contribution in [0.15, 0.2) is 54.7 Å². The highest BCUT2D eigenvalue weighted by Crippen LogP contribution is 2.28. The third kappa shape index (κ3) is 4.17. The summed E-state index contributed by atoms with van der Waals surface area (Å²) in [6.45, 7) is 0.0228. The van der Waals surface area contributed by atoms with Gasteiger partial charge in [0, 0.05) is 28.5 Å². The van der Waals surface area contributed by atoms with Gasteiger partial charge in [0.2, 0.25) is 0 Å². The lowest BCUT2D eigenvalue weighted by Gasteiger charge is -2.12. The van der Waals surface area contributed by atoms with Crippen LogP contribution in [0, 0.1) is 5.82 Å². The van der Waals surface area contributed by atoms with Gasteiger partial charge in [-0.1, -0.05) is 35.3 Å². The minimum atomic E-state index is -1.16. The van der Waals surface area contributed by atoms with Crippen molar-refractivity contribution in [2.45, 2.75) is 6.54 Å². The van der Waals surface area contributed by atoms with Crippen LogP contribution < -0.4 is 5.32 Å². The third-order valence-corrected chi connectivity index (χ3v) is 5.65. The summed E-state index contributed by atoms with van der Waals surface area (Å²) >= 11 is 12.1. The molecule has 0 aliphatic carbocycles. The summed E-state index contributed by atoms with van der Waals surface area (Å²) in [4.78, 5) is 28.1. The molecule has 2 N–H and O–H groups in total. The summed E-state index contributed by atoms with van der Waals surface area (Å²) < 4.78 is 15.7. The second kappa shape index (κ2) is 8.61. The first-order chi connectivity index (χ1) is 15.2. The number of carbonyl (C=O) groups is 2. The van der Waals surface area contributed by atoms with Gasteiger partial charge in [0.15, 0.2) is 0 Å². The van der Waals surface area contributed by atoms with Crippen molar-refractivity contribution >= 4 is 46.0 Å². The minimum Gasteiger partial charge on any atom is -0.478 e. The molecule has 0 unspecified atom stereocenters. The Hall–Kier alpha value is -3.42. The number of carboxylic acids is 1. The Morgan fingerprint density at radius 2 is 1.91 bits per heavy atom. The molecule has 0 spiro atoms. The van der Waals surface area contributed by atoms with E-state index in [4.69, 9.17) is 28.3 Å². The molecule has 6 nitrogen and oxygen atoms in total. The van der Waals surface area contributed by atoms with E-state index in [1.807, 2.05) is 6.07 Å². The largest absolute Gasteiger partial charge is 0.478 e. The van der Waals surface area contributed by atoms with Crippen LogP contribution in [0.25, 0.3) is 22.0 Å². The van der Waals surface area contributed by atoms with Crippen LogP contribution in [0.5, 0.6) is 0 Å². The second-order valence-corrected chi connectivity index (χ2v) is 7.97. The van der Waals surface area contributed by atoms with Gasteiger partial charge >= 0.3 is 5.97 Å². The summed E-state index contributed by atoms with van der Waals surface area (Å²) in [6.07, 6.45) is 1.05. The third-order valence-electron chi connectivity index (χ3n) is 5.10. The van der Waals surface area contributed by atoms with Crippen molar-refractivity contribution < 1.29 is 19.1 Å². The topological polar surface area (TPSA) is 84.2 Å². The Morgan fingerprint density at radius 1 is 1.12 bits per heavy atom. The predicted octanol–water partition coefficient (Wildman–Crippen LogP) is 5.31. The van der Waals surface area contributed by atoms with Crippen molar-refractivity contribution in [3.63, 3.8) is 0 Å². The number of nitrogens with zero attached hydrogens (tertiary/aromatic N) is 2. The number of aryl methyl sites for hydroxylation is 1. The highest BCUT2D eigenvalue weighted by Gasteiger charge is 2.17. The molecule has 1 amide bonds. The van der Waals surface area contributed by atoms with E-state index in [1.165, 1.54) is 24.3 Å². The highest BCUT2D eigenvalue weighted by molar-refractivity contribution is 6.33. The number of carbonyl (C=O) groups excluding carboxylic acids is 1. The number of aromatic carboxylic acids is 1. The highest BCUT2D eigenvalue weighted by atomic mass is 35.5. The molecule has 4 aromatic rings. The van der Waals surface area contributed by atoms with Crippen molar-refractivity contribution in [2.24, 2.45) is 7.05 Å². The van der Waals surface area contributed by atoms with E-state index >= 15 is 0 Å². The zero-order valence-corrected chi connectivity index (χ0v) is 18.2. The van der Waals surface area contributed by atoms with Crippen LogP contribution in [-0.2, 0) is 13.6 Å². The number of amides is 1. The molecule has 0 bridgehead atoms. The number of hydrogen-bond acceptors (Lipinski definition) is 3. The van der Waals surface area contributed by atoms with Crippen LogP contribution in [0.3, 0.4) is 0 Å². The number of pyridine rings is 1. The molecule has 2 heterocycles. The van der Waals surface area contributed by atoms with Crippen molar-refractivity contribution in [3.05, 3.63) is 87.5 Å². The molecule has 2 aromatic carbocycles. The Bertz CT molecular complexity index is 1380. The maximum absolute atomic E-state index is 13.9. The predicted molar refractivity (Wildman–Crippen MR) is 121 cm³/mol. The van der Waals surface area contributed by atoms with E-state index in [1.54, 1.807) is 29.8 Å². The van der Waals surface area contributed by atoms with Gasteiger partial charge in [-0.15, -0.1) is 0 Å². The van der Waals surface area contributed by atoms with E-state index in [-0.39, 0.29) is 23.0 Å². The lowest BCUT2D eigenvalue weighted by atomic mass is 10.0. The van der Waals surface area contributed by atoms with E-state index in [0.29, 0.717) is 27.5 Å². The van der Waals surface area contributed by atoms with Crippen LogP contribution in [-0.4, -0.2) is 26.5 Å². The fraction of sp³-hybridized carbons (Fsp3) is 0.0870. The summed E-state index contributed by atoms with van der Waals surface area (Å²) in [5.41, 5.74) is 2.46. The number of hydrogen-bond donors (Lipinski definition) is 2. The zero-order chi connectivity index (χ0) is 23.0. The Morgan fingerprint density at radius 3 is 2.62 bits per heavy atom. The summed E-state index contributed by atoms with van der Waals surface area (Å²) in [5.74, 6) is -2.07. The fourth-order valence-corrected chi connectivity index (χ4v) is 3.92. The molecule has 162 valence electrons. The van der Waals surface area contributed by atoms with Crippen LogP contribution >= 0.6 is 23.2 Å². The molecule has 4 rings (SSSR count). The molecule has 0 aliphatic heterocycles. The van der Waals surface area contributed by atoms with E-state index in [0.717, 1.165) is 17.1 Å². The average molecular weight is 472 g/mol. The molecule has 0 fully saturated rings. The van der Waals surface area contributed by atoms with Gasteiger partial charge < -0.3 is 15.0 Å². The van der Waals surface area contributed by atoms with Crippen LogP contribution in [0.2, 0.25) is 10.0 Å². The fourth-order valence-electron chi connectivity index (χ4n) is 3.49. The van der Waals surface area contributed by atoms with Gasteiger partial charge in [0.05, 0.1) is 29.0 Å². The van der Waals surface area contributed by atoms with E-state index in [9.17, 15) is 14.0 Å². The number of fused-ring (bicyclic) bond motifs is 1. The molecule has 0 aliphatic rings. The summed E-state index contributed by atoms with van der Waals surface area (Å²) in [7, 11) is 1.77. The number of nitrogens with one attached hydrogen (secondary N) is 1. The molecular formula is C23H16Cl2FN3O3. The van der Waals surface area contributed by atoms with Crippen molar-refractivity contribution in [1.29, 1.82) is 0 Å². The van der Waals surface area contributed by atoms with Crippen molar-refractivity contribution in [3.8, 4) is 11.1 Å². The minimum absolute atomic E-state index is 0.0170. The first-order valence-corrected chi connectivity index (χ1v) is 10.2. The number of halogens is 3. The van der Waals surface area contributed by atoms with Crippen molar-refractivity contribution in [1.82, 2.24) is 14.9 Å². The van der Waals surface area contributed by atoms with Gasteiger partial charge in [-0.25, -0.2) is 9.18 Å². The first kappa shape index (κ1) is 21.8. The number of carboxylic acid groups (broad SMARTS) is 1. The normalized spacial score (nSPS) is 11.0. The van der Waals surface area contributed by atoms with E-state index < -0.39 is 11.8 Å². The maximum Gasteiger partial charge on any atom is 0.337 e. The zero-order valence-electron chi connectivity index (χ0n) is 16.7. The molecule has 2 aromatic heterocycles. The summed E-state index contributed by atoms with van der Waals surface area (Å²) in [5, 5.41) is 13.4. The number of rotatable bonds is 5. The SMILES string of the molecule is Cn1c(C(=O)NCc2ncc(F)cc2-c2ccc(C(=O)O)c(Cl)c2)cc2ccc(Cl)cc21. The van der Waals surface area contributed by atoms with Gasteiger partial charge in [-0.05, 0) is 42.0 Å². The molecule has 0 atom stereocenters. The maximum atomic E-state index is 13.9. The lowest BCUT2D eigenvalue weighted by molar-refractivity contribution is 0.0696. The number of aromatic nitrogens is 2.